The summed E-state index contributed by atoms with van der Waals surface area (Å²) in [6.45, 7) is 2.98. The topological polar surface area (TPSA) is 110 Å². The van der Waals surface area contributed by atoms with Gasteiger partial charge in [0.15, 0.2) is 0 Å². The van der Waals surface area contributed by atoms with Gasteiger partial charge in [-0.2, -0.15) is 4.98 Å². The molecule has 1 aromatic carbocycles. The van der Waals surface area contributed by atoms with Crippen LogP contribution in [0.15, 0.2) is 24.5 Å². The van der Waals surface area contributed by atoms with Crippen LogP contribution in [0.25, 0.3) is 0 Å². The summed E-state index contributed by atoms with van der Waals surface area (Å²) in [5, 5.41) is 14.0. The molecule has 1 fully saturated rings. The van der Waals surface area contributed by atoms with Crippen LogP contribution in [0.3, 0.4) is 0 Å². The molecule has 0 saturated carbocycles. The Balaban J connectivity index is 1.75. The first kappa shape index (κ1) is 17.9. The molecule has 2 amide bonds. The minimum absolute atomic E-state index is 0.0439. The molecular formula is C16H16ClN5O4. The van der Waals surface area contributed by atoms with Crippen molar-refractivity contribution in [1.29, 1.82) is 0 Å². The Morgan fingerprint density at radius 3 is 2.73 bits per heavy atom. The third-order valence-electron chi connectivity index (χ3n) is 3.97. The molecule has 3 rings (SSSR count). The van der Waals surface area contributed by atoms with Gasteiger partial charge >= 0.3 is 11.8 Å². The first-order valence-electron chi connectivity index (χ1n) is 7.95. The molecule has 0 bridgehead atoms. The van der Waals surface area contributed by atoms with E-state index in [4.69, 9.17) is 16.3 Å². The first-order valence-corrected chi connectivity index (χ1v) is 8.33. The molecule has 1 saturated heterocycles. The molecule has 2 heterocycles. The molecule has 9 nitrogen and oxygen atoms in total. The standard InChI is InChI=1S/C16H16ClN5O4/c1-10-14(22(24)25)18-9-19-15(10)26-13-5-4-11(8-12(13)17)20-16(23)21-6-2-3-7-21/h4-5,8-9H,2-3,6-7H2,1H3,(H,20,23). The van der Waals surface area contributed by atoms with Crippen molar-refractivity contribution in [1.82, 2.24) is 14.9 Å². The number of carbonyl (C=O) groups is 1. The average molecular weight is 378 g/mol. The number of nitrogens with zero attached hydrogens (tertiary/aromatic N) is 4. The molecule has 2 aromatic rings. The van der Waals surface area contributed by atoms with Gasteiger partial charge in [-0.1, -0.05) is 11.6 Å². The summed E-state index contributed by atoms with van der Waals surface area (Å²) in [6.07, 6.45) is 3.07. The van der Waals surface area contributed by atoms with E-state index in [-0.39, 0.29) is 34.1 Å². The highest BCUT2D eigenvalue weighted by atomic mass is 35.5. The number of ether oxygens (including phenoxy) is 1. The largest absolute Gasteiger partial charge is 0.437 e. The molecule has 0 spiro atoms. The number of nitrogens with one attached hydrogen (secondary N) is 1. The van der Waals surface area contributed by atoms with E-state index >= 15 is 0 Å². The number of nitro groups is 1. The minimum atomic E-state index is -0.609. The van der Waals surface area contributed by atoms with E-state index in [1.54, 1.807) is 23.1 Å². The molecule has 1 aliphatic rings. The lowest BCUT2D eigenvalue weighted by atomic mass is 10.3. The third kappa shape index (κ3) is 3.83. The highest BCUT2D eigenvalue weighted by Gasteiger charge is 2.20. The number of amides is 2. The van der Waals surface area contributed by atoms with E-state index in [2.05, 4.69) is 15.3 Å². The van der Waals surface area contributed by atoms with Gasteiger partial charge in [-0.3, -0.25) is 0 Å². The Hall–Kier alpha value is -2.94. The predicted molar refractivity (Wildman–Crippen MR) is 94.8 cm³/mol. The second-order valence-electron chi connectivity index (χ2n) is 5.76. The number of anilines is 1. The van der Waals surface area contributed by atoms with E-state index in [1.807, 2.05) is 0 Å². The second-order valence-corrected chi connectivity index (χ2v) is 6.16. The maximum Gasteiger partial charge on any atom is 0.373 e. The molecule has 0 radical (unpaired) electrons. The van der Waals surface area contributed by atoms with Gasteiger partial charge in [0.05, 0.1) is 5.02 Å². The summed E-state index contributed by atoms with van der Waals surface area (Å²) in [5.74, 6) is -0.0231. The zero-order chi connectivity index (χ0) is 18.7. The fraction of sp³-hybridized carbons (Fsp3) is 0.312. The van der Waals surface area contributed by atoms with Crippen LogP contribution in [-0.2, 0) is 0 Å². The number of likely N-dealkylation sites (tertiary alicyclic amines) is 1. The van der Waals surface area contributed by atoms with Crippen molar-refractivity contribution in [3.8, 4) is 11.6 Å². The SMILES string of the molecule is Cc1c(Oc2ccc(NC(=O)N3CCCC3)cc2Cl)ncnc1[N+](=O)[O-]. The van der Waals surface area contributed by atoms with Crippen molar-refractivity contribution in [3.05, 3.63) is 45.2 Å². The summed E-state index contributed by atoms with van der Waals surface area (Å²) in [7, 11) is 0. The highest BCUT2D eigenvalue weighted by Crippen LogP contribution is 2.33. The van der Waals surface area contributed by atoms with Crippen LogP contribution in [-0.4, -0.2) is 38.9 Å². The molecule has 1 aliphatic heterocycles. The first-order chi connectivity index (χ1) is 12.5. The van der Waals surface area contributed by atoms with E-state index in [9.17, 15) is 14.9 Å². The second kappa shape index (κ2) is 7.52. The number of hydrogen-bond acceptors (Lipinski definition) is 6. The zero-order valence-corrected chi connectivity index (χ0v) is 14.7. The molecule has 0 aliphatic carbocycles. The van der Waals surface area contributed by atoms with Gasteiger partial charge in [0, 0.05) is 18.8 Å². The maximum atomic E-state index is 12.1. The quantitative estimate of drug-likeness (QED) is 0.641. The number of hydrogen-bond donors (Lipinski definition) is 1. The lowest BCUT2D eigenvalue weighted by molar-refractivity contribution is -0.390. The van der Waals surface area contributed by atoms with Crippen LogP contribution < -0.4 is 10.1 Å². The summed E-state index contributed by atoms with van der Waals surface area (Å²) in [6, 6.07) is 4.58. The van der Waals surface area contributed by atoms with Gasteiger partial charge in [-0.25, -0.2) is 4.79 Å². The van der Waals surface area contributed by atoms with Crippen LogP contribution in [0.5, 0.6) is 11.6 Å². The molecule has 1 N–H and O–H groups in total. The van der Waals surface area contributed by atoms with Crippen LogP contribution >= 0.6 is 11.6 Å². The lowest BCUT2D eigenvalue weighted by Gasteiger charge is -2.16. The van der Waals surface area contributed by atoms with E-state index < -0.39 is 4.92 Å². The minimum Gasteiger partial charge on any atom is -0.437 e. The molecule has 10 heteroatoms. The summed E-state index contributed by atoms with van der Waals surface area (Å²) >= 11 is 6.21. The normalized spacial score (nSPS) is 13.5. The average Bonchev–Trinajstić information content (AvgIpc) is 3.13. The van der Waals surface area contributed by atoms with Crippen LogP contribution in [0, 0.1) is 17.0 Å². The smallest absolute Gasteiger partial charge is 0.373 e. The number of halogens is 1. The van der Waals surface area contributed by atoms with Crippen LogP contribution in [0.2, 0.25) is 5.02 Å². The van der Waals surface area contributed by atoms with E-state index in [0.29, 0.717) is 5.69 Å². The van der Waals surface area contributed by atoms with Gasteiger partial charge < -0.3 is 25.1 Å². The van der Waals surface area contributed by atoms with E-state index in [0.717, 1.165) is 32.3 Å². The third-order valence-corrected chi connectivity index (χ3v) is 4.26. The molecule has 0 atom stereocenters. The number of rotatable bonds is 4. The lowest BCUT2D eigenvalue weighted by Crippen LogP contribution is -2.32. The van der Waals surface area contributed by atoms with Crippen LogP contribution in [0.4, 0.5) is 16.3 Å². The fourth-order valence-electron chi connectivity index (χ4n) is 2.60. The van der Waals surface area contributed by atoms with Gasteiger partial charge in [-0.05, 0) is 47.9 Å². The Morgan fingerprint density at radius 2 is 2.08 bits per heavy atom. The summed E-state index contributed by atoms with van der Waals surface area (Å²) in [4.78, 5) is 31.7. The highest BCUT2D eigenvalue weighted by molar-refractivity contribution is 6.32. The number of benzene rings is 1. The van der Waals surface area contributed by atoms with Crippen molar-refractivity contribution in [2.24, 2.45) is 0 Å². The molecule has 26 heavy (non-hydrogen) atoms. The van der Waals surface area contributed by atoms with Crippen molar-refractivity contribution >= 4 is 29.1 Å². The van der Waals surface area contributed by atoms with Crippen molar-refractivity contribution < 1.29 is 14.5 Å². The maximum absolute atomic E-state index is 12.1. The Labute approximate surface area is 154 Å². The Morgan fingerprint density at radius 1 is 1.35 bits per heavy atom. The Bertz CT molecular complexity index is 855. The molecule has 0 unspecified atom stereocenters. The van der Waals surface area contributed by atoms with Gasteiger partial charge in [-0.15, -0.1) is 0 Å². The monoisotopic (exact) mass is 377 g/mol. The summed E-state index contributed by atoms with van der Waals surface area (Å²) < 4.78 is 5.58. The number of aromatic nitrogens is 2. The van der Waals surface area contributed by atoms with Crippen LogP contribution in [0.1, 0.15) is 18.4 Å². The molecule has 136 valence electrons. The van der Waals surface area contributed by atoms with Gasteiger partial charge in [0.25, 0.3) is 0 Å². The van der Waals surface area contributed by atoms with E-state index in [1.165, 1.54) is 6.92 Å². The fourth-order valence-corrected chi connectivity index (χ4v) is 2.82. The Kier molecular flexibility index (Phi) is 5.17. The van der Waals surface area contributed by atoms with Gasteiger partial charge in [0.1, 0.15) is 11.3 Å². The van der Waals surface area contributed by atoms with Gasteiger partial charge in [0.2, 0.25) is 12.2 Å². The van der Waals surface area contributed by atoms with Crippen molar-refractivity contribution in [2.75, 3.05) is 18.4 Å². The molecular weight excluding hydrogens is 362 g/mol. The molecule has 1 aromatic heterocycles. The van der Waals surface area contributed by atoms with Crippen molar-refractivity contribution in [2.45, 2.75) is 19.8 Å². The number of carbonyl (C=O) groups excluding carboxylic acids is 1. The van der Waals surface area contributed by atoms with Crippen molar-refractivity contribution in [3.63, 3.8) is 0 Å². The predicted octanol–water partition coefficient (Wildman–Crippen LogP) is 3.77. The summed E-state index contributed by atoms with van der Waals surface area (Å²) in [5.41, 5.74) is 0.726. The zero-order valence-electron chi connectivity index (χ0n) is 13.9. The number of urea groups is 1.